The predicted octanol–water partition coefficient (Wildman–Crippen LogP) is 2.03. The number of nitrogens with zero attached hydrogens (tertiary/aromatic N) is 3. The van der Waals surface area contributed by atoms with Crippen LogP contribution in [0.3, 0.4) is 0 Å². The number of hydrogen-bond donors (Lipinski definition) is 2. The molecule has 19 heavy (non-hydrogen) atoms. The third-order valence-electron chi connectivity index (χ3n) is 2.87. The lowest BCUT2D eigenvalue weighted by atomic mass is 10.2. The molecule has 0 saturated heterocycles. The Kier molecular flexibility index (Phi) is 2.64. The molecule has 0 spiro atoms. The second-order valence-corrected chi connectivity index (χ2v) is 4.10. The molecule has 0 aliphatic heterocycles. The van der Waals surface area contributed by atoms with E-state index in [4.69, 9.17) is 5.84 Å². The lowest BCUT2D eigenvalue weighted by molar-refractivity contribution is 0.476. The number of hydrogen-bond acceptors (Lipinski definition) is 4. The van der Waals surface area contributed by atoms with Gasteiger partial charge in [0.05, 0.1) is 5.56 Å². The van der Waals surface area contributed by atoms with E-state index < -0.39 is 0 Å². The molecule has 5 heteroatoms. The van der Waals surface area contributed by atoms with Crippen molar-refractivity contribution in [1.29, 1.82) is 0 Å². The summed E-state index contributed by atoms with van der Waals surface area (Å²) in [6.45, 7) is 0. The average molecular weight is 252 g/mol. The van der Waals surface area contributed by atoms with E-state index in [1.165, 1.54) is 4.68 Å². The molecular formula is C14H12N4O. The van der Waals surface area contributed by atoms with Crippen LogP contribution < -0.4 is 5.84 Å². The number of nitrogens with two attached hydrogens (primary N) is 1. The fourth-order valence-corrected chi connectivity index (χ4v) is 1.92. The lowest BCUT2D eigenvalue weighted by Crippen LogP contribution is -2.11. The van der Waals surface area contributed by atoms with Gasteiger partial charge >= 0.3 is 0 Å². The number of aromatic hydroxyl groups is 1. The van der Waals surface area contributed by atoms with E-state index in [1.807, 2.05) is 36.4 Å². The van der Waals surface area contributed by atoms with Crippen LogP contribution >= 0.6 is 0 Å². The number of para-hydroxylation sites is 1. The van der Waals surface area contributed by atoms with Gasteiger partial charge < -0.3 is 10.9 Å². The largest absolute Gasteiger partial charge is 0.507 e. The van der Waals surface area contributed by atoms with E-state index in [9.17, 15) is 5.11 Å². The zero-order chi connectivity index (χ0) is 13.2. The van der Waals surface area contributed by atoms with Gasteiger partial charge in [0.2, 0.25) is 0 Å². The Morgan fingerprint density at radius 1 is 0.842 bits per heavy atom. The highest BCUT2D eigenvalue weighted by Gasteiger charge is 2.15. The molecule has 2 aromatic carbocycles. The number of aromatic nitrogens is 3. The van der Waals surface area contributed by atoms with Crippen molar-refractivity contribution in [2.24, 2.45) is 0 Å². The average Bonchev–Trinajstić information content (AvgIpc) is 2.82. The Hall–Kier alpha value is -2.82. The molecule has 0 radical (unpaired) electrons. The standard InChI is InChI=1S/C14H12N4O/c15-18-13(10-6-2-1-3-7-10)16-17-14(18)11-8-4-5-9-12(11)19/h1-9,19H,15H2. The Balaban J connectivity index is 2.12. The smallest absolute Gasteiger partial charge is 0.186 e. The normalized spacial score (nSPS) is 10.5. The van der Waals surface area contributed by atoms with Gasteiger partial charge in [-0.2, -0.15) is 0 Å². The number of nitrogen functional groups attached to an aromatic ring is 1. The van der Waals surface area contributed by atoms with Crippen molar-refractivity contribution in [2.75, 3.05) is 5.84 Å². The second kappa shape index (κ2) is 4.45. The minimum Gasteiger partial charge on any atom is -0.507 e. The molecule has 0 atom stereocenters. The first kappa shape index (κ1) is 11.3. The minimum atomic E-state index is 0.126. The van der Waals surface area contributed by atoms with Crippen LogP contribution in [0.4, 0.5) is 0 Å². The van der Waals surface area contributed by atoms with Crippen molar-refractivity contribution in [3.63, 3.8) is 0 Å². The molecule has 0 unspecified atom stereocenters. The van der Waals surface area contributed by atoms with Gasteiger partial charge in [-0.3, -0.25) is 0 Å². The molecule has 1 aromatic heterocycles. The van der Waals surface area contributed by atoms with Gasteiger partial charge in [-0.1, -0.05) is 42.5 Å². The van der Waals surface area contributed by atoms with Gasteiger partial charge in [-0.05, 0) is 12.1 Å². The molecule has 0 aliphatic carbocycles. The fraction of sp³-hybridized carbons (Fsp3) is 0. The summed E-state index contributed by atoms with van der Waals surface area (Å²) in [6, 6.07) is 16.4. The quantitative estimate of drug-likeness (QED) is 0.684. The summed E-state index contributed by atoms with van der Waals surface area (Å²) in [5.74, 6) is 7.13. The van der Waals surface area contributed by atoms with Crippen LogP contribution in [0.1, 0.15) is 0 Å². The molecule has 0 saturated carbocycles. The van der Waals surface area contributed by atoms with Gasteiger partial charge in [0.25, 0.3) is 0 Å². The summed E-state index contributed by atoms with van der Waals surface area (Å²) in [5.41, 5.74) is 1.43. The highest BCUT2D eigenvalue weighted by atomic mass is 16.3. The number of benzene rings is 2. The first-order valence-corrected chi connectivity index (χ1v) is 5.81. The van der Waals surface area contributed by atoms with Crippen LogP contribution in [0, 0.1) is 0 Å². The molecular weight excluding hydrogens is 240 g/mol. The Morgan fingerprint density at radius 2 is 1.47 bits per heavy atom. The van der Waals surface area contributed by atoms with Crippen LogP contribution in [-0.2, 0) is 0 Å². The third-order valence-corrected chi connectivity index (χ3v) is 2.87. The van der Waals surface area contributed by atoms with E-state index in [0.29, 0.717) is 17.2 Å². The molecule has 3 rings (SSSR count). The topological polar surface area (TPSA) is 77.0 Å². The Labute approximate surface area is 109 Å². The summed E-state index contributed by atoms with van der Waals surface area (Å²) < 4.78 is 1.38. The summed E-state index contributed by atoms with van der Waals surface area (Å²) in [6.07, 6.45) is 0. The van der Waals surface area contributed by atoms with E-state index in [-0.39, 0.29) is 5.75 Å². The molecule has 0 fully saturated rings. The first-order chi connectivity index (χ1) is 9.27. The summed E-state index contributed by atoms with van der Waals surface area (Å²) in [4.78, 5) is 0. The van der Waals surface area contributed by atoms with Gasteiger partial charge in [0.1, 0.15) is 5.75 Å². The first-order valence-electron chi connectivity index (χ1n) is 5.81. The third kappa shape index (κ3) is 1.91. The van der Waals surface area contributed by atoms with E-state index >= 15 is 0 Å². The molecule has 0 bridgehead atoms. The predicted molar refractivity (Wildman–Crippen MR) is 72.7 cm³/mol. The SMILES string of the molecule is Nn1c(-c2ccccc2)nnc1-c1ccccc1O. The van der Waals surface area contributed by atoms with Crippen molar-refractivity contribution >= 4 is 0 Å². The summed E-state index contributed by atoms with van der Waals surface area (Å²) >= 11 is 0. The van der Waals surface area contributed by atoms with Crippen molar-refractivity contribution in [1.82, 2.24) is 14.9 Å². The van der Waals surface area contributed by atoms with Gasteiger partial charge in [0.15, 0.2) is 11.6 Å². The zero-order valence-corrected chi connectivity index (χ0v) is 10.1. The number of phenolic OH excluding ortho intramolecular Hbond substituents is 1. The zero-order valence-electron chi connectivity index (χ0n) is 10.1. The lowest BCUT2D eigenvalue weighted by Gasteiger charge is -2.05. The minimum absolute atomic E-state index is 0.126. The van der Waals surface area contributed by atoms with E-state index in [0.717, 1.165) is 5.56 Å². The van der Waals surface area contributed by atoms with Crippen LogP contribution in [0.2, 0.25) is 0 Å². The molecule has 3 aromatic rings. The number of phenols is 1. The molecule has 5 nitrogen and oxygen atoms in total. The van der Waals surface area contributed by atoms with E-state index in [1.54, 1.807) is 18.2 Å². The highest BCUT2D eigenvalue weighted by molar-refractivity contribution is 5.67. The van der Waals surface area contributed by atoms with Crippen LogP contribution in [0.25, 0.3) is 22.8 Å². The second-order valence-electron chi connectivity index (χ2n) is 4.10. The highest BCUT2D eigenvalue weighted by Crippen LogP contribution is 2.28. The summed E-state index contributed by atoms with van der Waals surface area (Å²) in [5, 5.41) is 18.0. The maximum absolute atomic E-state index is 9.83. The Bertz CT molecular complexity index is 706. The van der Waals surface area contributed by atoms with Gasteiger partial charge in [-0.15, -0.1) is 10.2 Å². The van der Waals surface area contributed by atoms with Crippen molar-refractivity contribution in [3.05, 3.63) is 54.6 Å². The monoisotopic (exact) mass is 252 g/mol. The molecule has 1 heterocycles. The number of rotatable bonds is 2. The molecule has 94 valence electrons. The fourth-order valence-electron chi connectivity index (χ4n) is 1.92. The molecule has 0 aliphatic rings. The van der Waals surface area contributed by atoms with Crippen LogP contribution in [-0.4, -0.2) is 20.0 Å². The van der Waals surface area contributed by atoms with E-state index in [2.05, 4.69) is 10.2 Å². The van der Waals surface area contributed by atoms with Gasteiger partial charge in [0, 0.05) is 5.56 Å². The Morgan fingerprint density at radius 3 is 2.21 bits per heavy atom. The van der Waals surface area contributed by atoms with Gasteiger partial charge in [-0.25, -0.2) is 4.68 Å². The van der Waals surface area contributed by atoms with Crippen molar-refractivity contribution in [2.45, 2.75) is 0 Å². The molecule has 3 N–H and O–H groups in total. The maximum atomic E-state index is 9.83. The summed E-state index contributed by atoms with van der Waals surface area (Å²) in [7, 11) is 0. The maximum Gasteiger partial charge on any atom is 0.186 e. The van der Waals surface area contributed by atoms with Crippen LogP contribution in [0.5, 0.6) is 5.75 Å². The van der Waals surface area contributed by atoms with Crippen LogP contribution in [0.15, 0.2) is 54.6 Å². The van der Waals surface area contributed by atoms with Crippen molar-refractivity contribution in [3.8, 4) is 28.5 Å². The molecule has 0 amide bonds. The van der Waals surface area contributed by atoms with Crippen molar-refractivity contribution < 1.29 is 5.11 Å².